The van der Waals surface area contributed by atoms with Gasteiger partial charge in [0.15, 0.2) is 0 Å². The van der Waals surface area contributed by atoms with Gasteiger partial charge in [-0.05, 0) is 55.5 Å². The molecule has 0 amide bonds. The number of carboxylic acid groups (broad SMARTS) is 1. The molecule has 0 spiro atoms. The molecule has 0 bridgehead atoms. The first-order valence-corrected chi connectivity index (χ1v) is 10.6. The second-order valence-electron chi connectivity index (χ2n) is 7.62. The summed E-state index contributed by atoms with van der Waals surface area (Å²) in [4.78, 5) is 17.1. The van der Waals surface area contributed by atoms with E-state index in [1.807, 2.05) is 12.0 Å². The Balaban J connectivity index is 1.43. The molecule has 2 aromatic carbocycles. The lowest BCUT2D eigenvalue weighted by molar-refractivity contribution is -0.0756. The van der Waals surface area contributed by atoms with Crippen LogP contribution in [0.1, 0.15) is 41.6 Å². The van der Waals surface area contributed by atoms with Crippen molar-refractivity contribution in [3.8, 4) is 5.75 Å². The third-order valence-corrected chi connectivity index (χ3v) is 5.71. The number of aromatic nitrogens is 1. The average molecular weight is 408 g/mol. The molecule has 2 heterocycles. The minimum absolute atomic E-state index is 0.238. The van der Waals surface area contributed by atoms with Crippen molar-refractivity contribution >= 4 is 16.9 Å². The largest absolute Gasteiger partial charge is 0.478 e. The number of hydrogen-bond donors (Lipinski definition) is 1. The third kappa shape index (κ3) is 4.50. The van der Waals surface area contributed by atoms with Crippen molar-refractivity contribution in [2.24, 2.45) is 0 Å². The molecule has 158 valence electrons. The number of carboxylic acids is 1. The van der Waals surface area contributed by atoms with Gasteiger partial charge in [0.05, 0.1) is 12.2 Å². The van der Waals surface area contributed by atoms with Gasteiger partial charge >= 0.3 is 5.97 Å². The molecular formula is C24H28N2O4. The SMILES string of the molecule is CCOCCn1cc(C2CCN(Oc3cccc(C(=O)O)c3)CC2)c2ccccc21. The van der Waals surface area contributed by atoms with Crippen LogP contribution >= 0.6 is 0 Å². The van der Waals surface area contributed by atoms with Crippen molar-refractivity contribution in [3.63, 3.8) is 0 Å². The molecule has 1 saturated heterocycles. The predicted octanol–water partition coefficient (Wildman–Crippen LogP) is 4.55. The molecule has 1 aromatic heterocycles. The van der Waals surface area contributed by atoms with Gasteiger partial charge in [-0.15, -0.1) is 5.06 Å². The van der Waals surface area contributed by atoms with E-state index in [1.165, 1.54) is 16.5 Å². The molecule has 1 aliphatic heterocycles. The number of piperidine rings is 1. The van der Waals surface area contributed by atoms with Crippen LogP contribution in [0.4, 0.5) is 0 Å². The Bertz CT molecular complexity index is 1010. The summed E-state index contributed by atoms with van der Waals surface area (Å²) in [7, 11) is 0. The normalized spacial score (nSPS) is 15.5. The van der Waals surface area contributed by atoms with Gasteiger partial charge in [0.1, 0.15) is 5.75 Å². The van der Waals surface area contributed by atoms with Gasteiger partial charge in [0.25, 0.3) is 0 Å². The lowest BCUT2D eigenvalue weighted by Crippen LogP contribution is -2.35. The van der Waals surface area contributed by atoms with Gasteiger partial charge in [-0.2, -0.15) is 0 Å². The molecule has 0 saturated carbocycles. The molecule has 1 N–H and O–H groups in total. The van der Waals surface area contributed by atoms with Crippen LogP contribution in [-0.4, -0.2) is 47.0 Å². The number of ether oxygens (including phenoxy) is 1. The number of hydrogen-bond acceptors (Lipinski definition) is 4. The van der Waals surface area contributed by atoms with Crippen LogP contribution in [-0.2, 0) is 11.3 Å². The van der Waals surface area contributed by atoms with E-state index in [-0.39, 0.29) is 5.56 Å². The molecule has 0 unspecified atom stereocenters. The highest BCUT2D eigenvalue weighted by Crippen LogP contribution is 2.34. The van der Waals surface area contributed by atoms with Crippen LogP contribution in [0.2, 0.25) is 0 Å². The zero-order chi connectivity index (χ0) is 20.9. The Morgan fingerprint density at radius 3 is 2.70 bits per heavy atom. The van der Waals surface area contributed by atoms with E-state index in [9.17, 15) is 4.79 Å². The lowest BCUT2D eigenvalue weighted by atomic mass is 9.90. The molecule has 1 fully saturated rings. The summed E-state index contributed by atoms with van der Waals surface area (Å²) in [6.45, 7) is 5.94. The molecule has 1 aliphatic rings. The number of hydroxylamine groups is 2. The molecule has 6 heteroatoms. The first-order chi connectivity index (χ1) is 14.7. The topological polar surface area (TPSA) is 63.9 Å². The summed E-state index contributed by atoms with van der Waals surface area (Å²) in [5, 5.41) is 12.4. The molecule has 4 rings (SSSR count). The van der Waals surface area contributed by atoms with Gasteiger partial charge in [-0.25, -0.2) is 4.79 Å². The number of carbonyl (C=O) groups is 1. The fraction of sp³-hybridized carbons (Fsp3) is 0.375. The highest BCUT2D eigenvalue weighted by molar-refractivity contribution is 5.88. The number of fused-ring (bicyclic) bond motifs is 1. The first-order valence-electron chi connectivity index (χ1n) is 10.6. The molecule has 30 heavy (non-hydrogen) atoms. The Morgan fingerprint density at radius 2 is 1.93 bits per heavy atom. The molecule has 3 aromatic rings. The number of nitrogens with zero attached hydrogens (tertiary/aromatic N) is 2. The van der Waals surface area contributed by atoms with Crippen LogP contribution in [0.3, 0.4) is 0 Å². The summed E-state index contributed by atoms with van der Waals surface area (Å²) < 4.78 is 7.86. The molecular weight excluding hydrogens is 380 g/mol. The molecule has 0 radical (unpaired) electrons. The van der Waals surface area contributed by atoms with Crippen LogP contribution in [0.25, 0.3) is 10.9 Å². The highest BCUT2D eigenvalue weighted by atomic mass is 16.7. The van der Waals surface area contributed by atoms with Gasteiger partial charge in [-0.3, -0.25) is 0 Å². The van der Waals surface area contributed by atoms with Crippen molar-refractivity contribution in [1.82, 2.24) is 9.63 Å². The van der Waals surface area contributed by atoms with E-state index in [0.29, 0.717) is 11.7 Å². The number of aromatic carboxylic acids is 1. The minimum atomic E-state index is -0.945. The number of benzene rings is 2. The van der Waals surface area contributed by atoms with Gasteiger partial charge in [0.2, 0.25) is 0 Å². The van der Waals surface area contributed by atoms with Crippen LogP contribution < -0.4 is 4.84 Å². The Kier molecular flexibility index (Phi) is 6.35. The summed E-state index contributed by atoms with van der Waals surface area (Å²) in [6, 6.07) is 15.2. The van der Waals surface area contributed by atoms with E-state index in [0.717, 1.165) is 45.7 Å². The standard InChI is InChI=1S/C24H28N2O4/c1-2-29-15-14-25-17-22(21-8-3-4-9-23(21)25)18-10-12-26(13-11-18)30-20-7-5-6-19(16-20)24(27)28/h3-9,16-18H,2,10-15H2,1H3,(H,27,28). The van der Waals surface area contributed by atoms with E-state index in [2.05, 4.69) is 35.0 Å². The van der Waals surface area contributed by atoms with Crippen molar-refractivity contribution < 1.29 is 19.5 Å². The fourth-order valence-electron chi connectivity index (χ4n) is 4.19. The fourth-order valence-corrected chi connectivity index (χ4v) is 4.19. The van der Waals surface area contributed by atoms with E-state index in [1.54, 1.807) is 24.3 Å². The van der Waals surface area contributed by atoms with E-state index in [4.69, 9.17) is 14.7 Å². The molecule has 0 atom stereocenters. The second kappa shape index (κ2) is 9.32. The zero-order valence-corrected chi connectivity index (χ0v) is 17.3. The maximum absolute atomic E-state index is 11.2. The van der Waals surface area contributed by atoms with E-state index >= 15 is 0 Å². The highest BCUT2D eigenvalue weighted by Gasteiger charge is 2.25. The van der Waals surface area contributed by atoms with Crippen molar-refractivity contribution in [2.75, 3.05) is 26.3 Å². The summed E-state index contributed by atoms with van der Waals surface area (Å²) in [5.74, 6) is 0.106. The molecule has 6 nitrogen and oxygen atoms in total. The van der Waals surface area contributed by atoms with Crippen LogP contribution in [0.5, 0.6) is 5.75 Å². The smallest absolute Gasteiger partial charge is 0.335 e. The minimum Gasteiger partial charge on any atom is -0.478 e. The Labute approximate surface area is 176 Å². The average Bonchev–Trinajstić information content (AvgIpc) is 3.13. The maximum atomic E-state index is 11.2. The van der Waals surface area contributed by atoms with Crippen LogP contribution in [0.15, 0.2) is 54.7 Å². The van der Waals surface area contributed by atoms with Crippen LogP contribution in [0, 0.1) is 0 Å². The van der Waals surface area contributed by atoms with Crippen molar-refractivity contribution in [1.29, 1.82) is 0 Å². The quantitative estimate of drug-likeness (QED) is 0.554. The maximum Gasteiger partial charge on any atom is 0.335 e. The predicted molar refractivity (Wildman–Crippen MR) is 116 cm³/mol. The number of para-hydroxylation sites is 1. The Morgan fingerprint density at radius 1 is 1.13 bits per heavy atom. The third-order valence-electron chi connectivity index (χ3n) is 5.71. The summed E-state index contributed by atoms with van der Waals surface area (Å²) in [5.41, 5.74) is 2.90. The Hall–Kier alpha value is -2.83. The zero-order valence-electron chi connectivity index (χ0n) is 17.3. The second-order valence-corrected chi connectivity index (χ2v) is 7.62. The van der Waals surface area contributed by atoms with Crippen molar-refractivity contribution in [3.05, 3.63) is 65.9 Å². The summed E-state index contributed by atoms with van der Waals surface area (Å²) in [6.07, 6.45) is 4.29. The lowest BCUT2D eigenvalue weighted by Gasteiger charge is -2.31. The van der Waals surface area contributed by atoms with Crippen molar-refractivity contribution in [2.45, 2.75) is 32.2 Å². The molecule has 0 aliphatic carbocycles. The summed E-state index contributed by atoms with van der Waals surface area (Å²) >= 11 is 0. The van der Waals surface area contributed by atoms with Gasteiger partial charge < -0.3 is 19.2 Å². The monoisotopic (exact) mass is 408 g/mol. The van der Waals surface area contributed by atoms with Gasteiger partial charge in [0, 0.05) is 43.3 Å². The van der Waals surface area contributed by atoms with E-state index < -0.39 is 5.97 Å². The first kappa shape index (κ1) is 20.4. The van der Waals surface area contributed by atoms with Gasteiger partial charge in [-0.1, -0.05) is 24.3 Å². The number of rotatable bonds is 8.